The van der Waals surface area contributed by atoms with Crippen molar-refractivity contribution in [3.8, 4) is 0 Å². The second kappa shape index (κ2) is 5.34. The first-order valence-corrected chi connectivity index (χ1v) is 5.38. The van der Waals surface area contributed by atoms with Gasteiger partial charge in [0.2, 0.25) is 0 Å². The Balaban J connectivity index is 2.84. The predicted octanol–water partition coefficient (Wildman–Crippen LogP) is 2.78. The van der Waals surface area contributed by atoms with Crippen molar-refractivity contribution in [2.45, 2.75) is 32.7 Å². The van der Waals surface area contributed by atoms with Crippen LogP contribution in [0.25, 0.3) is 0 Å². The van der Waals surface area contributed by atoms with Gasteiger partial charge in [0, 0.05) is 17.8 Å². The number of nitrogens with zero attached hydrogens (tertiary/aromatic N) is 1. The van der Waals surface area contributed by atoms with Crippen LogP contribution in [0.1, 0.15) is 26.7 Å². The number of nitro benzene ring substituents is 1. The predicted molar refractivity (Wildman–Crippen MR) is 65.5 cm³/mol. The maximum Gasteiger partial charge on any atom is 0.292 e. The van der Waals surface area contributed by atoms with Gasteiger partial charge in [-0.15, -0.1) is 0 Å². The minimum Gasteiger partial charge on any atom is -0.393 e. The summed E-state index contributed by atoms with van der Waals surface area (Å²) < 4.78 is 0. The summed E-state index contributed by atoms with van der Waals surface area (Å²) in [6.45, 7) is 4.19. The van der Waals surface area contributed by atoms with E-state index in [0.29, 0.717) is 6.04 Å². The molecule has 0 spiro atoms. The summed E-state index contributed by atoms with van der Waals surface area (Å²) in [4.78, 5) is 10.1. The van der Waals surface area contributed by atoms with Gasteiger partial charge in [0.05, 0.1) is 4.92 Å². The van der Waals surface area contributed by atoms with Crippen LogP contribution < -0.4 is 11.1 Å². The Morgan fingerprint density at radius 2 is 2.06 bits per heavy atom. The summed E-state index contributed by atoms with van der Waals surface area (Å²) in [5.74, 6) is 0. The van der Waals surface area contributed by atoms with Gasteiger partial charge in [-0.05, 0) is 25.0 Å². The van der Waals surface area contributed by atoms with Gasteiger partial charge in [0.1, 0.15) is 5.69 Å². The smallest absolute Gasteiger partial charge is 0.292 e. The lowest BCUT2D eigenvalue weighted by molar-refractivity contribution is -0.383. The van der Waals surface area contributed by atoms with Crippen LogP contribution in [0.4, 0.5) is 17.1 Å². The van der Waals surface area contributed by atoms with Gasteiger partial charge in [-0.1, -0.05) is 13.8 Å². The molecule has 1 aromatic rings. The first-order valence-electron chi connectivity index (χ1n) is 5.38. The van der Waals surface area contributed by atoms with Crippen LogP contribution in [0.5, 0.6) is 0 Å². The SMILES string of the molecule is CCC(CC)Nc1ccc([N+](=O)[O-])c(N)c1. The van der Waals surface area contributed by atoms with E-state index in [2.05, 4.69) is 19.2 Å². The van der Waals surface area contributed by atoms with Crippen LogP contribution >= 0.6 is 0 Å². The molecule has 5 heteroatoms. The van der Waals surface area contributed by atoms with Gasteiger partial charge in [0.25, 0.3) is 5.69 Å². The molecule has 0 saturated carbocycles. The summed E-state index contributed by atoms with van der Waals surface area (Å²) in [5, 5.41) is 13.9. The van der Waals surface area contributed by atoms with Crippen LogP contribution in [0.2, 0.25) is 0 Å². The molecule has 0 bridgehead atoms. The third-order valence-electron chi connectivity index (χ3n) is 2.58. The molecule has 0 aliphatic carbocycles. The van der Waals surface area contributed by atoms with E-state index in [0.717, 1.165) is 18.5 Å². The fourth-order valence-electron chi connectivity index (χ4n) is 1.54. The molecule has 0 fully saturated rings. The maximum absolute atomic E-state index is 10.6. The Bertz CT molecular complexity index is 375. The number of nitrogens with two attached hydrogens (primary N) is 1. The maximum atomic E-state index is 10.6. The van der Waals surface area contributed by atoms with E-state index < -0.39 is 4.92 Å². The van der Waals surface area contributed by atoms with E-state index in [4.69, 9.17) is 5.73 Å². The highest BCUT2D eigenvalue weighted by Crippen LogP contribution is 2.25. The van der Waals surface area contributed by atoms with E-state index in [9.17, 15) is 10.1 Å². The normalized spacial score (nSPS) is 10.4. The van der Waals surface area contributed by atoms with Crippen LogP contribution in [0, 0.1) is 10.1 Å². The molecule has 1 aromatic carbocycles. The first kappa shape index (κ1) is 12.3. The number of nitro groups is 1. The molecule has 0 unspecified atom stereocenters. The molecular formula is C11H17N3O2. The summed E-state index contributed by atoms with van der Waals surface area (Å²) in [6.07, 6.45) is 2.01. The number of nitrogen functional groups attached to an aromatic ring is 1. The van der Waals surface area contributed by atoms with Gasteiger partial charge in [-0.3, -0.25) is 10.1 Å². The molecule has 88 valence electrons. The third kappa shape index (κ3) is 2.85. The number of hydrogen-bond acceptors (Lipinski definition) is 4. The molecule has 1 rings (SSSR count). The molecule has 5 nitrogen and oxygen atoms in total. The average molecular weight is 223 g/mol. The van der Waals surface area contributed by atoms with Crippen LogP contribution in [-0.4, -0.2) is 11.0 Å². The largest absolute Gasteiger partial charge is 0.393 e. The van der Waals surface area contributed by atoms with Crippen molar-refractivity contribution in [3.05, 3.63) is 28.3 Å². The zero-order chi connectivity index (χ0) is 12.1. The lowest BCUT2D eigenvalue weighted by atomic mass is 10.1. The van der Waals surface area contributed by atoms with E-state index in [1.165, 1.54) is 6.07 Å². The molecule has 0 atom stereocenters. The Labute approximate surface area is 94.8 Å². The number of hydrogen-bond donors (Lipinski definition) is 2. The summed E-state index contributed by atoms with van der Waals surface area (Å²) in [5.41, 5.74) is 6.58. The molecule has 16 heavy (non-hydrogen) atoms. The Kier molecular flexibility index (Phi) is 4.10. The van der Waals surface area contributed by atoms with E-state index >= 15 is 0 Å². The van der Waals surface area contributed by atoms with Crippen LogP contribution in [0.15, 0.2) is 18.2 Å². The third-order valence-corrected chi connectivity index (χ3v) is 2.58. The molecule has 0 aliphatic rings. The molecular weight excluding hydrogens is 206 g/mol. The lowest BCUT2D eigenvalue weighted by Crippen LogP contribution is -2.17. The zero-order valence-corrected chi connectivity index (χ0v) is 9.56. The van der Waals surface area contributed by atoms with E-state index in [-0.39, 0.29) is 11.4 Å². The molecule has 0 aliphatic heterocycles. The van der Waals surface area contributed by atoms with Crippen molar-refractivity contribution in [3.63, 3.8) is 0 Å². The topological polar surface area (TPSA) is 81.2 Å². The quantitative estimate of drug-likeness (QED) is 0.457. The van der Waals surface area contributed by atoms with Crippen molar-refractivity contribution < 1.29 is 4.92 Å². The van der Waals surface area contributed by atoms with Crippen molar-refractivity contribution in [1.29, 1.82) is 0 Å². The van der Waals surface area contributed by atoms with Gasteiger partial charge in [-0.2, -0.15) is 0 Å². The summed E-state index contributed by atoms with van der Waals surface area (Å²) in [7, 11) is 0. The molecule has 3 N–H and O–H groups in total. The molecule has 0 aromatic heterocycles. The second-order valence-corrected chi connectivity index (χ2v) is 3.69. The first-order chi connectivity index (χ1) is 7.58. The van der Waals surface area contributed by atoms with E-state index in [1.54, 1.807) is 12.1 Å². The number of benzene rings is 1. The second-order valence-electron chi connectivity index (χ2n) is 3.69. The van der Waals surface area contributed by atoms with Gasteiger partial charge in [-0.25, -0.2) is 0 Å². The minimum atomic E-state index is -0.476. The van der Waals surface area contributed by atoms with Gasteiger partial charge < -0.3 is 11.1 Å². The fourth-order valence-corrected chi connectivity index (χ4v) is 1.54. The van der Waals surface area contributed by atoms with Gasteiger partial charge in [0.15, 0.2) is 0 Å². The fraction of sp³-hybridized carbons (Fsp3) is 0.455. The monoisotopic (exact) mass is 223 g/mol. The highest BCUT2D eigenvalue weighted by molar-refractivity contribution is 5.66. The average Bonchev–Trinajstić information content (AvgIpc) is 2.25. The summed E-state index contributed by atoms with van der Waals surface area (Å²) in [6, 6.07) is 5.10. The van der Waals surface area contributed by atoms with Crippen molar-refractivity contribution in [1.82, 2.24) is 0 Å². The van der Waals surface area contributed by atoms with Crippen molar-refractivity contribution >= 4 is 17.1 Å². The molecule has 0 radical (unpaired) electrons. The van der Waals surface area contributed by atoms with Crippen molar-refractivity contribution in [2.24, 2.45) is 0 Å². The van der Waals surface area contributed by atoms with Crippen LogP contribution in [-0.2, 0) is 0 Å². The Morgan fingerprint density at radius 3 is 2.50 bits per heavy atom. The highest BCUT2D eigenvalue weighted by Gasteiger charge is 2.12. The summed E-state index contributed by atoms with van der Waals surface area (Å²) >= 11 is 0. The van der Waals surface area contributed by atoms with E-state index in [1.807, 2.05) is 0 Å². The van der Waals surface area contributed by atoms with Gasteiger partial charge >= 0.3 is 0 Å². The molecule has 0 heterocycles. The Hall–Kier alpha value is -1.78. The highest BCUT2D eigenvalue weighted by atomic mass is 16.6. The Morgan fingerprint density at radius 1 is 1.44 bits per heavy atom. The standard InChI is InChI=1S/C11H17N3O2/c1-3-8(4-2)13-9-5-6-11(14(15)16)10(12)7-9/h5-8,13H,3-4,12H2,1-2H3. The zero-order valence-electron chi connectivity index (χ0n) is 9.56. The number of nitrogens with one attached hydrogen (secondary N) is 1. The number of anilines is 2. The van der Waals surface area contributed by atoms with Crippen molar-refractivity contribution in [2.75, 3.05) is 11.1 Å². The molecule has 0 amide bonds. The van der Waals surface area contributed by atoms with Crippen LogP contribution in [0.3, 0.4) is 0 Å². The minimum absolute atomic E-state index is 0.0462. The lowest BCUT2D eigenvalue weighted by Gasteiger charge is -2.16. The molecule has 0 saturated heterocycles. The number of rotatable bonds is 5.